The average molecular weight is 279 g/mol. The van der Waals surface area contributed by atoms with E-state index in [2.05, 4.69) is 17.2 Å². The first-order valence-electron chi connectivity index (χ1n) is 6.37. The highest BCUT2D eigenvalue weighted by atomic mass is 35.5. The Morgan fingerprint density at radius 1 is 1.21 bits per heavy atom. The van der Waals surface area contributed by atoms with Crippen molar-refractivity contribution >= 4 is 11.6 Å². The van der Waals surface area contributed by atoms with Gasteiger partial charge in [-0.1, -0.05) is 12.1 Å². The molecule has 2 aromatic rings. The van der Waals surface area contributed by atoms with Gasteiger partial charge < -0.3 is 4.74 Å². The number of hydrogen-bond acceptors (Lipinski definition) is 2. The summed E-state index contributed by atoms with van der Waals surface area (Å²) < 4.78 is 6.99. The third kappa shape index (κ3) is 4.00. The van der Waals surface area contributed by atoms with Crippen LogP contribution >= 0.6 is 11.6 Å². The zero-order chi connectivity index (χ0) is 13.7. The van der Waals surface area contributed by atoms with E-state index in [1.165, 1.54) is 11.1 Å². The number of ether oxygens (including phenoxy) is 1. The quantitative estimate of drug-likeness (QED) is 0.760. The molecule has 0 saturated heterocycles. The van der Waals surface area contributed by atoms with Gasteiger partial charge in [-0.3, -0.25) is 4.68 Å². The summed E-state index contributed by atoms with van der Waals surface area (Å²) in [5.41, 5.74) is 2.53. The van der Waals surface area contributed by atoms with E-state index >= 15 is 0 Å². The Hall–Kier alpha value is -1.48. The summed E-state index contributed by atoms with van der Waals surface area (Å²) in [4.78, 5) is 0. The molecule has 1 aromatic carbocycles. The Morgan fingerprint density at radius 3 is 2.42 bits per heavy atom. The van der Waals surface area contributed by atoms with E-state index in [-0.39, 0.29) is 0 Å². The molecule has 0 aliphatic rings. The Morgan fingerprint density at radius 2 is 1.89 bits per heavy atom. The first-order valence-corrected chi connectivity index (χ1v) is 6.91. The summed E-state index contributed by atoms with van der Waals surface area (Å²) in [6, 6.07) is 8.18. The molecule has 0 bridgehead atoms. The van der Waals surface area contributed by atoms with Crippen LogP contribution in [0, 0.1) is 5.92 Å². The fourth-order valence-electron chi connectivity index (χ4n) is 2.19. The molecular formula is C15H19ClN2O. The normalized spacial score (nSPS) is 12.4. The molecule has 0 aliphatic carbocycles. The first-order chi connectivity index (χ1) is 9.21. The standard InChI is InChI=1S/C15H19ClN2O/c1-18-11-14(10-17-18)8-13(9-16)7-12-3-5-15(19-2)6-4-12/h3-6,10-11,13H,7-9H2,1-2H3. The van der Waals surface area contributed by atoms with Gasteiger partial charge in [-0.05, 0) is 42.0 Å². The molecule has 4 heteroatoms. The predicted molar refractivity (Wildman–Crippen MR) is 77.8 cm³/mol. The number of nitrogens with zero attached hydrogens (tertiary/aromatic N) is 2. The van der Waals surface area contributed by atoms with Crippen molar-refractivity contribution < 1.29 is 4.74 Å². The van der Waals surface area contributed by atoms with Gasteiger partial charge in [0.25, 0.3) is 0 Å². The van der Waals surface area contributed by atoms with Crippen LogP contribution in [0.25, 0.3) is 0 Å². The van der Waals surface area contributed by atoms with Gasteiger partial charge in [0, 0.05) is 19.1 Å². The smallest absolute Gasteiger partial charge is 0.118 e. The molecular weight excluding hydrogens is 260 g/mol. The van der Waals surface area contributed by atoms with Gasteiger partial charge in [-0.25, -0.2) is 0 Å². The van der Waals surface area contributed by atoms with Crippen LogP contribution in [-0.2, 0) is 19.9 Å². The number of benzene rings is 1. The zero-order valence-electron chi connectivity index (χ0n) is 11.3. The summed E-state index contributed by atoms with van der Waals surface area (Å²) in [6.45, 7) is 0. The van der Waals surface area contributed by atoms with Gasteiger partial charge in [0.2, 0.25) is 0 Å². The number of hydrogen-bond donors (Lipinski definition) is 0. The molecule has 1 aromatic heterocycles. The van der Waals surface area contributed by atoms with Crippen molar-refractivity contribution in [2.24, 2.45) is 13.0 Å². The molecule has 1 unspecified atom stereocenters. The van der Waals surface area contributed by atoms with Crippen LogP contribution in [0.15, 0.2) is 36.7 Å². The highest BCUT2D eigenvalue weighted by molar-refractivity contribution is 6.18. The van der Waals surface area contributed by atoms with Crippen molar-refractivity contribution in [1.29, 1.82) is 0 Å². The number of aromatic nitrogens is 2. The van der Waals surface area contributed by atoms with Crippen LogP contribution in [0.2, 0.25) is 0 Å². The fraction of sp³-hybridized carbons (Fsp3) is 0.400. The Bertz CT molecular complexity index is 507. The van der Waals surface area contributed by atoms with Crippen LogP contribution in [-0.4, -0.2) is 22.8 Å². The molecule has 19 heavy (non-hydrogen) atoms. The Balaban J connectivity index is 1.97. The van der Waals surface area contributed by atoms with Gasteiger partial charge >= 0.3 is 0 Å². The lowest BCUT2D eigenvalue weighted by atomic mass is 9.95. The van der Waals surface area contributed by atoms with E-state index in [1.807, 2.05) is 36.3 Å². The number of halogens is 1. The second-order valence-corrected chi connectivity index (χ2v) is 5.11. The summed E-state index contributed by atoms with van der Waals surface area (Å²) in [7, 11) is 3.61. The number of aryl methyl sites for hydroxylation is 1. The molecule has 0 spiro atoms. The van der Waals surface area contributed by atoms with E-state index in [9.17, 15) is 0 Å². The van der Waals surface area contributed by atoms with E-state index in [0.717, 1.165) is 18.6 Å². The van der Waals surface area contributed by atoms with Crippen LogP contribution in [0.1, 0.15) is 11.1 Å². The first kappa shape index (κ1) is 13.9. The van der Waals surface area contributed by atoms with Gasteiger partial charge in [0.05, 0.1) is 13.3 Å². The largest absolute Gasteiger partial charge is 0.497 e. The average Bonchev–Trinajstić information content (AvgIpc) is 2.84. The minimum Gasteiger partial charge on any atom is -0.497 e. The molecule has 0 fully saturated rings. The van der Waals surface area contributed by atoms with Crippen molar-refractivity contribution in [2.75, 3.05) is 13.0 Å². The molecule has 2 rings (SSSR count). The Kier molecular flexibility index (Phi) is 4.86. The summed E-state index contributed by atoms with van der Waals surface area (Å²) in [5.74, 6) is 1.97. The van der Waals surface area contributed by atoms with E-state index in [1.54, 1.807) is 7.11 Å². The van der Waals surface area contributed by atoms with Crippen LogP contribution in [0.3, 0.4) is 0 Å². The molecule has 1 atom stereocenters. The molecule has 102 valence electrons. The monoisotopic (exact) mass is 278 g/mol. The van der Waals surface area contributed by atoms with Crippen molar-refractivity contribution in [2.45, 2.75) is 12.8 Å². The van der Waals surface area contributed by atoms with Gasteiger partial charge in [0.1, 0.15) is 5.75 Å². The zero-order valence-corrected chi connectivity index (χ0v) is 12.1. The number of alkyl halides is 1. The highest BCUT2D eigenvalue weighted by Gasteiger charge is 2.11. The number of rotatable bonds is 6. The molecule has 0 N–H and O–H groups in total. The van der Waals surface area contributed by atoms with Crippen molar-refractivity contribution in [3.8, 4) is 5.75 Å². The maximum absolute atomic E-state index is 6.08. The molecule has 0 radical (unpaired) electrons. The third-order valence-corrected chi connectivity index (χ3v) is 3.62. The molecule has 3 nitrogen and oxygen atoms in total. The van der Waals surface area contributed by atoms with Gasteiger partial charge in [-0.15, -0.1) is 11.6 Å². The fourth-order valence-corrected chi connectivity index (χ4v) is 2.41. The lowest BCUT2D eigenvalue weighted by Gasteiger charge is -2.13. The molecule has 0 saturated carbocycles. The maximum Gasteiger partial charge on any atom is 0.118 e. The minimum absolute atomic E-state index is 0.430. The summed E-state index contributed by atoms with van der Waals surface area (Å²) >= 11 is 6.08. The van der Waals surface area contributed by atoms with Crippen molar-refractivity contribution in [3.05, 3.63) is 47.8 Å². The predicted octanol–water partition coefficient (Wildman–Crippen LogP) is 3.07. The van der Waals surface area contributed by atoms with Gasteiger partial charge in [0.15, 0.2) is 0 Å². The highest BCUT2D eigenvalue weighted by Crippen LogP contribution is 2.18. The van der Waals surface area contributed by atoms with E-state index in [0.29, 0.717) is 11.8 Å². The van der Waals surface area contributed by atoms with Crippen molar-refractivity contribution in [1.82, 2.24) is 9.78 Å². The Labute approximate surface area is 119 Å². The third-order valence-electron chi connectivity index (χ3n) is 3.18. The lowest BCUT2D eigenvalue weighted by Crippen LogP contribution is -2.09. The van der Waals surface area contributed by atoms with E-state index in [4.69, 9.17) is 16.3 Å². The van der Waals surface area contributed by atoms with E-state index < -0.39 is 0 Å². The SMILES string of the molecule is COc1ccc(CC(CCl)Cc2cnn(C)c2)cc1. The summed E-state index contributed by atoms with van der Waals surface area (Å²) in [6.07, 6.45) is 5.90. The van der Waals surface area contributed by atoms with Gasteiger partial charge in [-0.2, -0.15) is 5.10 Å². The summed E-state index contributed by atoms with van der Waals surface area (Å²) in [5, 5.41) is 4.19. The second kappa shape index (κ2) is 6.62. The van der Waals surface area contributed by atoms with Crippen molar-refractivity contribution in [3.63, 3.8) is 0 Å². The second-order valence-electron chi connectivity index (χ2n) is 4.80. The molecule has 1 heterocycles. The van der Waals surface area contributed by atoms with Crippen LogP contribution < -0.4 is 4.74 Å². The number of methoxy groups -OCH3 is 1. The topological polar surface area (TPSA) is 27.1 Å². The minimum atomic E-state index is 0.430. The lowest BCUT2D eigenvalue weighted by molar-refractivity contribution is 0.414. The van der Waals surface area contributed by atoms with Crippen LogP contribution in [0.4, 0.5) is 0 Å². The molecule has 0 aliphatic heterocycles. The molecule has 0 amide bonds. The maximum atomic E-state index is 6.08. The van der Waals surface area contributed by atoms with Crippen LogP contribution in [0.5, 0.6) is 5.75 Å².